The van der Waals surface area contributed by atoms with E-state index >= 15 is 0 Å². The van der Waals surface area contributed by atoms with Crippen LogP contribution in [0.2, 0.25) is 0 Å². The molecule has 0 unspecified atom stereocenters. The molecule has 0 aromatic heterocycles. The number of hydrogen-bond acceptors (Lipinski definition) is 5. The lowest BCUT2D eigenvalue weighted by atomic mass is 10.2. The molecule has 0 aliphatic rings. The van der Waals surface area contributed by atoms with Crippen LogP contribution < -0.4 is 9.47 Å². The molecular formula is C14H12FNO5. The van der Waals surface area contributed by atoms with Gasteiger partial charge in [-0.1, -0.05) is 6.07 Å². The van der Waals surface area contributed by atoms with E-state index in [-0.39, 0.29) is 23.0 Å². The summed E-state index contributed by atoms with van der Waals surface area (Å²) in [5, 5.41) is 20.4. The van der Waals surface area contributed by atoms with Gasteiger partial charge in [-0.3, -0.25) is 10.1 Å². The van der Waals surface area contributed by atoms with Crippen LogP contribution in [0.4, 0.5) is 10.1 Å². The molecule has 0 saturated heterocycles. The normalized spacial score (nSPS) is 10.2. The van der Waals surface area contributed by atoms with E-state index < -0.39 is 16.4 Å². The van der Waals surface area contributed by atoms with Gasteiger partial charge in [-0.25, -0.2) is 4.39 Å². The van der Waals surface area contributed by atoms with Crippen LogP contribution >= 0.6 is 0 Å². The van der Waals surface area contributed by atoms with Crippen molar-refractivity contribution in [1.82, 2.24) is 0 Å². The molecule has 2 rings (SSSR count). The molecule has 0 heterocycles. The number of aromatic hydroxyl groups is 1. The Hall–Kier alpha value is -2.83. The number of nitrogens with zero attached hydrogens (tertiary/aromatic N) is 1. The van der Waals surface area contributed by atoms with Crippen LogP contribution in [0.15, 0.2) is 30.3 Å². The Kier molecular flexibility index (Phi) is 3.93. The monoisotopic (exact) mass is 293 g/mol. The zero-order valence-corrected chi connectivity index (χ0v) is 11.3. The summed E-state index contributed by atoms with van der Waals surface area (Å²) in [7, 11) is 1.24. The molecule has 0 aliphatic carbocycles. The Balaban J connectivity index is 2.45. The summed E-state index contributed by atoms with van der Waals surface area (Å²) in [5.41, 5.74) is -0.0656. The summed E-state index contributed by atoms with van der Waals surface area (Å²) >= 11 is 0. The molecule has 7 heteroatoms. The van der Waals surface area contributed by atoms with Gasteiger partial charge < -0.3 is 14.6 Å². The fraction of sp³-hybridized carbons (Fsp3) is 0.143. The van der Waals surface area contributed by atoms with E-state index in [0.717, 1.165) is 12.1 Å². The Morgan fingerprint density at radius 1 is 1.24 bits per heavy atom. The largest absolute Gasteiger partial charge is 0.508 e. The van der Waals surface area contributed by atoms with E-state index in [1.54, 1.807) is 13.0 Å². The molecule has 0 spiro atoms. The van der Waals surface area contributed by atoms with Crippen molar-refractivity contribution < 1.29 is 23.9 Å². The highest BCUT2D eigenvalue weighted by Gasteiger charge is 2.21. The lowest BCUT2D eigenvalue weighted by molar-refractivity contribution is -0.386. The topological polar surface area (TPSA) is 81.8 Å². The SMILES string of the molecule is COc1cc(Oc2cccc(O)c2C)c(F)cc1[N+](=O)[O-]. The number of benzene rings is 2. The quantitative estimate of drug-likeness (QED) is 0.688. The molecule has 6 nitrogen and oxygen atoms in total. The maximum absolute atomic E-state index is 13.9. The number of nitro groups is 1. The minimum Gasteiger partial charge on any atom is -0.508 e. The fourth-order valence-electron chi connectivity index (χ4n) is 1.74. The molecule has 0 fully saturated rings. The first-order valence-electron chi connectivity index (χ1n) is 5.92. The first-order chi connectivity index (χ1) is 9.93. The van der Waals surface area contributed by atoms with Crippen molar-refractivity contribution in [2.24, 2.45) is 0 Å². The number of ether oxygens (including phenoxy) is 2. The van der Waals surface area contributed by atoms with Crippen LogP contribution in [0.25, 0.3) is 0 Å². The van der Waals surface area contributed by atoms with Crippen LogP contribution in [0.1, 0.15) is 5.56 Å². The number of phenols is 1. The highest BCUT2D eigenvalue weighted by atomic mass is 19.1. The smallest absolute Gasteiger partial charge is 0.314 e. The van der Waals surface area contributed by atoms with Gasteiger partial charge in [0.05, 0.1) is 18.1 Å². The molecule has 0 saturated carbocycles. The van der Waals surface area contributed by atoms with Gasteiger partial charge in [0.15, 0.2) is 11.6 Å². The highest BCUT2D eigenvalue weighted by Crippen LogP contribution is 2.37. The molecule has 0 radical (unpaired) electrons. The second-order valence-corrected chi connectivity index (χ2v) is 4.21. The minimum absolute atomic E-state index is 0.00165. The van der Waals surface area contributed by atoms with Gasteiger partial charge in [-0.2, -0.15) is 0 Å². The number of hydrogen-bond donors (Lipinski definition) is 1. The lowest BCUT2D eigenvalue weighted by Gasteiger charge is -2.11. The number of methoxy groups -OCH3 is 1. The third kappa shape index (κ3) is 2.86. The third-order valence-corrected chi connectivity index (χ3v) is 2.91. The van der Waals surface area contributed by atoms with Gasteiger partial charge in [0.25, 0.3) is 0 Å². The Morgan fingerprint density at radius 3 is 2.57 bits per heavy atom. The Bertz CT molecular complexity index is 702. The van der Waals surface area contributed by atoms with Crippen LogP contribution in [0.3, 0.4) is 0 Å². The predicted molar refractivity (Wildman–Crippen MR) is 72.5 cm³/mol. The van der Waals surface area contributed by atoms with Crippen LogP contribution in [-0.2, 0) is 0 Å². The summed E-state index contributed by atoms with van der Waals surface area (Å²) in [5.74, 6) is -1.00. The van der Waals surface area contributed by atoms with Crippen LogP contribution in [0, 0.1) is 22.9 Å². The van der Waals surface area contributed by atoms with Gasteiger partial charge in [0, 0.05) is 11.6 Å². The maximum atomic E-state index is 13.9. The van der Waals surface area contributed by atoms with Gasteiger partial charge in [0.2, 0.25) is 5.75 Å². The molecule has 0 aliphatic heterocycles. The Morgan fingerprint density at radius 2 is 1.95 bits per heavy atom. The van der Waals surface area contributed by atoms with Gasteiger partial charge in [-0.15, -0.1) is 0 Å². The summed E-state index contributed by atoms with van der Waals surface area (Å²) in [4.78, 5) is 10.0. The average Bonchev–Trinajstić information content (AvgIpc) is 2.45. The molecule has 110 valence electrons. The zero-order valence-electron chi connectivity index (χ0n) is 11.3. The van der Waals surface area contributed by atoms with Crippen molar-refractivity contribution in [2.75, 3.05) is 7.11 Å². The van der Waals surface area contributed by atoms with Crippen molar-refractivity contribution >= 4 is 5.69 Å². The number of halogens is 1. The van der Waals surface area contributed by atoms with Gasteiger partial charge >= 0.3 is 5.69 Å². The molecule has 2 aromatic rings. The summed E-state index contributed by atoms with van der Waals surface area (Å²) < 4.78 is 24.1. The summed E-state index contributed by atoms with van der Waals surface area (Å²) in [6, 6.07) is 6.37. The number of rotatable bonds is 4. The second kappa shape index (κ2) is 5.66. The molecule has 0 atom stereocenters. The first kappa shape index (κ1) is 14.6. The van der Waals surface area contributed by atoms with E-state index in [4.69, 9.17) is 9.47 Å². The van der Waals surface area contributed by atoms with E-state index in [1.807, 2.05) is 0 Å². The van der Waals surface area contributed by atoms with Crippen molar-refractivity contribution in [1.29, 1.82) is 0 Å². The van der Waals surface area contributed by atoms with E-state index in [1.165, 1.54) is 19.2 Å². The van der Waals surface area contributed by atoms with E-state index in [9.17, 15) is 19.6 Å². The molecule has 1 N–H and O–H groups in total. The molecule has 2 aromatic carbocycles. The molecule has 0 bridgehead atoms. The predicted octanol–water partition coefficient (Wildman–Crippen LogP) is 3.55. The average molecular weight is 293 g/mol. The standard InChI is InChI=1S/C14H12FNO5/c1-8-11(17)4-3-5-12(8)21-13-7-14(20-2)10(16(18)19)6-9(13)15/h3-7,17H,1-2H3. The summed E-state index contributed by atoms with van der Waals surface area (Å²) in [6.45, 7) is 1.60. The maximum Gasteiger partial charge on any atom is 0.314 e. The second-order valence-electron chi connectivity index (χ2n) is 4.21. The van der Waals surface area contributed by atoms with Gasteiger partial charge in [0.1, 0.15) is 11.5 Å². The van der Waals surface area contributed by atoms with E-state index in [0.29, 0.717) is 5.56 Å². The third-order valence-electron chi connectivity index (χ3n) is 2.91. The molecule has 0 amide bonds. The zero-order chi connectivity index (χ0) is 15.6. The van der Waals surface area contributed by atoms with Crippen molar-refractivity contribution in [2.45, 2.75) is 6.92 Å². The van der Waals surface area contributed by atoms with Crippen molar-refractivity contribution in [3.8, 4) is 23.0 Å². The molecule has 21 heavy (non-hydrogen) atoms. The first-order valence-corrected chi connectivity index (χ1v) is 5.92. The lowest BCUT2D eigenvalue weighted by Crippen LogP contribution is -1.97. The Labute approximate surface area is 119 Å². The molecular weight excluding hydrogens is 281 g/mol. The van der Waals surface area contributed by atoms with Crippen molar-refractivity contribution in [3.05, 3.63) is 51.8 Å². The van der Waals surface area contributed by atoms with E-state index in [2.05, 4.69) is 0 Å². The summed E-state index contributed by atoms with van der Waals surface area (Å²) in [6.07, 6.45) is 0. The highest BCUT2D eigenvalue weighted by molar-refractivity contribution is 5.53. The fourth-order valence-corrected chi connectivity index (χ4v) is 1.74. The van der Waals surface area contributed by atoms with Crippen LogP contribution in [0.5, 0.6) is 23.0 Å². The van der Waals surface area contributed by atoms with Gasteiger partial charge in [-0.05, 0) is 19.1 Å². The number of nitro benzene ring substituents is 1. The van der Waals surface area contributed by atoms with Crippen molar-refractivity contribution in [3.63, 3.8) is 0 Å². The number of phenolic OH excluding ortho intramolecular Hbond substituents is 1. The van der Waals surface area contributed by atoms with Crippen LogP contribution in [-0.4, -0.2) is 17.1 Å². The minimum atomic E-state index is -0.898.